The largest absolute Gasteiger partial charge is 0.457 e. The highest BCUT2D eigenvalue weighted by molar-refractivity contribution is 7.98. The van der Waals surface area contributed by atoms with Crippen LogP contribution in [-0.4, -0.2) is 43.9 Å². The summed E-state index contributed by atoms with van der Waals surface area (Å²) in [5, 5.41) is 0. The minimum atomic E-state index is -0.593. The molecule has 4 rings (SSSR count). The van der Waals surface area contributed by atoms with E-state index < -0.39 is 11.9 Å². The number of ketones is 1. The fourth-order valence-corrected chi connectivity index (χ4v) is 3.75. The van der Waals surface area contributed by atoms with Gasteiger partial charge in [0.25, 0.3) is 0 Å². The van der Waals surface area contributed by atoms with Gasteiger partial charge in [0.05, 0.1) is 5.92 Å². The second-order valence-electron chi connectivity index (χ2n) is 6.71. The first kappa shape index (κ1) is 19.3. The van der Waals surface area contributed by atoms with E-state index in [1.807, 2.05) is 30.5 Å². The number of anilines is 1. The van der Waals surface area contributed by atoms with Crippen LogP contribution in [-0.2, 0) is 14.3 Å². The molecule has 0 saturated carbocycles. The van der Waals surface area contributed by atoms with Crippen LogP contribution in [0.2, 0.25) is 0 Å². The average Bonchev–Trinajstić information content (AvgIpc) is 3.37. The molecule has 0 bridgehead atoms. The molecule has 150 valence electrons. The van der Waals surface area contributed by atoms with Crippen molar-refractivity contribution in [3.8, 4) is 11.5 Å². The first-order valence-corrected chi connectivity index (χ1v) is 10.3. The SMILES string of the molecule is CSc1cccc(N2C[C@H](C(=O)OCC(=O)c3ccc4c(c3)OCO4)CC2=O)c1. The molecule has 2 aliphatic rings. The second kappa shape index (κ2) is 8.16. The average molecular weight is 413 g/mol. The van der Waals surface area contributed by atoms with Gasteiger partial charge in [-0.2, -0.15) is 0 Å². The Labute approximate surface area is 171 Å². The van der Waals surface area contributed by atoms with Crippen molar-refractivity contribution in [3.05, 3.63) is 48.0 Å². The summed E-state index contributed by atoms with van der Waals surface area (Å²) in [6.07, 6.45) is 2.03. The number of rotatable bonds is 6. The van der Waals surface area contributed by atoms with Crippen LogP contribution in [0.5, 0.6) is 11.5 Å². The van der Waals surface area contributed by atoms with Crippen LogP contribution in [0.25, 0.3) is 0 Å². The molecule has 2 aromatic carbocycles. The van der Waals surface area contributed by atoms with Crippen molar-refractivity contribution in [2.75, 3.05) is 31.1 Å². The van der Waals surface area contributed by atoms with Crippen LogP contribution in [0.4, 0.5) is 5.69 Å². The summed E-state index contributed by atoms with van der Waals surface area (Å²) in [6, 6.07) is 12.4. The van der Waals surface area contributed by atoms with Gasteiger partial charge in [0, 0.05) is 29.1 Å². The molecule has 0 aromatic heterocycles. The molecule has 2 aliphatic heterocycles. The lowest BCUT2D eigenvalue weighted by atomic mass is 10.1. The lowest BCUT2D eigenvalue weighted by Crippen LogP contribution is -2.27. The summed E-state index contributed by atoms with van der Waals surface area (Å²) in [6.45, 7) is -0.0210. The first-order chi connectivity index (χ1) is 14.0. The predicted molar refractivity (Wildman–Crippen MR) is 107 cm³/mol. The molecule has 2 heterocycles. The summed E-state index contributed by atoms with van der Waals surface area (Å²) < 4.78 is 15.7. The molecule has 1 atom stereocenters. The van der Waals surface area contributed by atoms with Crippen LogP contribution >= 0.6 is 11.8 Å². The fraction of sp³-hybridized carbons (Fsp3) is 0.286. The Bertz CT molecular complexity index is 975. The van der Waals surface area contributed by atoms with Crippen molar-refractivity contribution in [2.24, 2.45) is 5.92 Å². The number of carbonyl (C=O) groups excluding carboxylic acids is 3. The molecule has 0 unspecified atom stereocenters. The molecule has 0 radical (unpaired) electrons. The summed E-state index contributed by atoms with van der Waals surface area (Å²) in [4.78, 5) is 39.7. The van der Waals surface area contributed by atoms with Gasteiger partial charge in [-0.05, 0) is 42.7 Å². The Hall–Kier alpha value is -3.00. The summed E-state index contributed by atoms with van der Waals surface area (Å²) in [5.41, 5.74) is 1.13. The maximum absolute atomic E-state index is 12.4. The monoisotopic (exact) mass is 413 g/mol. The van der Waals surface area contributed by atoms with Crippen LogP contribution in [0.3, 0.4) is 0 Å². The maximum atomic E-state index is 12.4. The Morgan fingerprint density at radius 2 is 2.00 bits per heavy atom. The maximum Gasteiger partial charge on any atom is 0.311 e. The van der Waals surface area contributed by atoms with Crippen LogP contribution in [0.1, 0.15) is 16.8 Å². The standard InChI is InChI=1S/C21H19NO6S/c1-29-16-4-2-3-15(9-16)22-10-14(8-20(22)24)21(25)26-11-17(23)13-5-6-18-19(7-13)28-12-27-18/h2-7,9,14H,8,10-12H2,1H3/t14-/m1/s1. The van der Waals surface area contributed by atoms with Crippen LogP contribution in [0, 0.1) is 5.92 Å². The van der Waals surface area contributed by atoms with Crippen molar-refractivity contribution in [2.45, 2.75) is 11.3 Å². The molecule has 29 heavy (non-hydrogen) atoms. The molecule has 0 spiro atoms. The van der Waals surface area contributed by atoms with E-state index in [0.29, 0.717) is 17.1 Å². The Morgan fingerprint density at radius 1 is 1.17 bits per heavy atom. The summed E-state index contributed by atoms with van der Waals surface area (Å²) >= 11 is 1.58. The topological polar surface area (TPSA) is 82.1 Å². The van der Waals surface area contributed by atoms with E-state index in [2.05, 4.69) is 0 Å². The van der Waals surface area contributed by atoms with E-state index >= 15 is 0 Å². The third kappa shape index (κ3) is 4.07. The second-order valence-corrected chi connectivity index (χ2v) is 7.59. The van der Waals surface area contributed by atoms with Gasteiger partial charge in [-0.1, -0.05) is 6.07 Å². The third-order valence-corrected chi connectivity index (χ3v) is 5.59. The normalized spacial score (nSPS) is 17.5. The fourth-order valence-electron chi connectivity index (χ4n) is 3.30. The lowest BCUT2D eigenvalue weighted by molar-refractivity contribution is -0.147. The zero-order valence-corrected chi connectivity index (χ0v) is 16.6. The van der Waals surface area contributed by atoms with E-state index in [4.69, 9.17) is 14.2 Å². The van der Waals surface area contributed by atoms with Crippen molar-refractivity contribution in [3.63, 3.8) is 0 Å². The number of ether oxygens (including phenoxy) is 3. The molecule has 1 fully saturated rings. The molecular formula is C21H19NO6S. The molecule has 0 N–H and O–H groups in total. The number of amides is 1. The van der Waals surface area contributed by atoms with Gasteiger partial charge in [0.1, 0.15) is 0 Å². The van der Waals surface area contributed by atoms with Gasteiger partial charge in [0.15, 0.2) is 23.9 Å². The minimum Gasteiger partial charge on any atom is -0.457 e. The van der Waals surface area contributed by atoms with Crippen LogP contribution in [0.15, 0.2) is 47.4 Å². The Morgan fingerprint density at radius 3 is 2.83 bits per heavy atom. The zero-order valence-electron chi connectivity index (χ0n) is 15.8. The smallest absolute Gasteiger partial charge is 0.311 e. The molecule has 7 nitrogen and oxygen atoms in total. The van der Waals surface area contributed by atoms with E-state index in [0.717, 1.165) is 10.6 Å². The number of hydrogen-bond donors (Lipinski definition) is 0. The number of esters is 1. The van der Waals surface area contributed by atoms with Gasteiger partial charge >= 0.3 is 5.97 Å². The highest BCUT2D eigenvalue weighted by Gasteiger charge is 2.36. The van der Waals surface area contributed by atoms with Crippen molar-refractivity contribution >= 4 is 35.1 Å². The van der Waals surface area contributed by atoms with Gasteiger partial charge in [-0.3, -0.25) is 14.4 Å². The minimum absolute atomic E-state index is 0.0700. The number of Topliss-reactive ketones (excluding diaryl/α,β-unsaturated/α-hetero) is 1. The van der Waals surface area contributed by atoms with E-state index in [9.17, 15) is 14.4 Å². The van der Waals surface area contributed by atoms with E-state index in [1.54, 1.807) is 34.9 Å². The summed E-state index contributed by atoms with van der Waals surface area (Å²) in [7, 11) is 0. The van der Waals surface area contributed by atoms with Crippen molar-refractivity contribution in [1.82, 2.24) is 0 Å². The van der Waals surface area contributed by atoms with Gasteiger partial charge in [-0.15, -0.1) is 11.8 Å². The number of fused-ring (bicyclic) bond motifs is 1. The quantitative estimate of drug-likeness (QED) is 0.409. The van der Waals surface area contributed by atoms with Crippen molar-refractivity contribution in [1.29, 1.82) is 0 Å². The number of hydrogen-bond acceptors (Lipinski definition) is 7. The Kier molecular flexibility index (Phi) is 5.44. The molecule has 2 aromatic rings. The molecule has 0 aliphatic carbocycles. The highest BCUT2D eigenvalue weighted by Crippen LogP contribution is 2.33. The molecule has 8 heteroatoms. The molecule has 1 saturated heterocycles. The molecular weight excluding hydrogens is 394 g/mol. The number of carbonyl (C=O) groups is 3. The molecule has 1 amide bonds. The van der Waals surface area contributed by atoms with Crippen molar-refractivity contribution < 1.29 is 28.6 Å². The number of nitrogens with zero attached hydrogens (tertiary/aromatic N) is 1. The third-order valence-electron chi connectivity index (χ3n) is 4.86. The Balaban J connectivity index is 1.35. The predicted octanol–water partition coefficient (Wildman–Crippen LogP) is 2.92. The zero-order chi connectivity index (χ0) is 20.4. The number of benzene rings is 2. The highest BCUT2D eigenvalue weighted by atomic mass is 32.2. The van der Waals surface area contributed by atoms with Gasteiger partial charge in [-0.25, -0.2) is 0 Å². The number of thioether (sulfide) groups is 1. The van der Waals surface area contributed by atoms with Crippen LogP contribution < -0.4 is 14.4 Å². The first-order valence-electron chi connectivity index (χ1n) is 9.09. The van der Waals surface area contributed by atoms with Gasteiger partial charge < -0.3 is 19.1 Å². The van der Waals surface area contributed by atoms with E-state index in [1.165, 1.54) is 0 Å². The van der Waals surface area contributed by atoms with Gasteiger partial charge in [0.2, 0.25) is 12.7 Å². The van der Waals surface area contributed by atoms with E-state index in [-0.39, 0.29) is 38.1 Å². The lowest BCUT2D eigenvalue weighted by Gasteiger charge is -2.17. The summed E-state index contributed by atoms with van der Waals surface area (Å²) in [5.74, 6) is -0.543.